The van der Waals surface area contributed by atoms with Crippen LogP contribution < -0.4 is 4.72 Å². The summed E-state index contributed by atoms with van der Waals surface area (Å²) < 4.78 is 4.61. The Bertz CT molecular complexity index is 516. The van der Waals surface area contributed by atoms with E-state index in [1.54, 1.807) is 11.9 Å². The molecular weight excluding hydrogens is 298 g/mol. The lowest BCUT2D eigenvalue weighted by Crippen LogP contribution is -2.17. The van der Waals surface area contributed by atoms with Crippen molar-refractivity contribution in [1.29, 1.82) is 0 Å². The standard InChI is InChI=1S/C12H16BrN3S/c1-12(2,3)17-14-7-11-15-9-5-4-8(13)6-10(9)16-11/h4-6,14H,7H2,1-3H3,(H,15,16). The first-order valence-corrected chi connectivity index (χ1v) is 7.10. The molecule has 92 valence electrons. The van der Waals surface area contributed by atoms with Crippen LogP contribution in [0.2, 0.25) is 0 Å². The van der Waals surface area contributed by atoms with Gasteiger partial charge in [-0.05, 0) is 39.0 Å². The summed E-state index contributed by atoms with van der Waals surface area (Å²) in [5.74, 6) is 0.967. The van der Waals surface area contributed by atoms with Gasteiger partial charge in [-0.3, -0.25) is 4.72 Å². The lowest BCUT2D eigenvalue weighted by atomic mass is 10.3. The number of rotatable bonds is 3. The second-order valence-corrected chi connectivity index (χ2v) is 7.51. The van der Waals surface area contributed by atoms with Gasteiger partial charge >= 0.3 is 0 Å². The van der Waals surface area contributed by atoms with Crippen molar-refractivity contribution in [3.05, 3.63) is 28.5 Å². The summed E-state index contributed by atoms with van der Waals surface area (Å²) in [7, 11) is 0. The van der Waals surface area contributed by atoms with Gasteiger partial charge in [-0.15, -0.1) is 0 Å². The van der Waals surface area contributed by atoms with Crippen LogP contribution in [0.15, 0.2) is 22.7 Å². The van der Waals surface area contributed by atoms with Crippen molar-refractivity contribution in [2.24, 2.45) is 0 Å². The Hall–Kier alpha value is -0.520. The van der Waals surface area contributed by atoms with Crippen LogP contribution in [0.4, 0.5) is 0 Å². The Morgan fingerprint density at radius 2 is 2.18 bits per heavy atom. The molecule has 1 aromatic heterocycles. The molecule has 0 saturated heterocycles. The van der Waals surface area contributed by atoms with E-state index in [-0.39, 0.29) is 4.75 Å². The van der Waals surface area contributed by atoms with E-state index in [1.807, 2.05) is 18.2 Å². The second kappa shape index (κ2) is 5.00. The molecule has 0 radical (unpaired) electrons. The smallest absolute Gasteiger partial charge is 0.122 e. The monoisotopic (exact) mass is 313 g/mol. The SMILES string of the molecule is CC(C)(C)SNCc1nc2ccc(Br)cc2[nH]1. The van der Waals surface area contributed by atoms with Crippen LogP contribution in [0, 0.1) is 0 Å². The van der Waals surface area contributed by atoms with Crippen LogP contribution in [0.5, 0.6) is 0 Å². The lowest BCUT2D eigenvalue weighted by molar-refractivity contribution is 0.781. The number of aromatic amines is 1. The highest BCUT2D eigenvalue weighted by atomic mass is 79.9. The predicted octanol–water partition coefficient (Wildman–Crippen LogP) is 3.86. The first kappa shape index (κ1) is 12.9. The first-order chi connectivity index (χ1) is 7.94. The van der Waals surface area contributed by atoms with E-state index in [4.69, 9.17) is 0 Å². The molecule has 0 unspecified atom stereocenters. The van der Waals surface area contributed by atoms with Gasteiger partial charge in [0.05, 0.1) is 17.6 Å². The quantitative estimate of drug-likeness (QED) is 0.845. The van der Waals surface area contributed by atoms with Crippen molar-refractivity contribution in [3.8, 4) is 0 Å². The number of fused-ring (bicyclic) bond motifs is 1. The van der Waals surface area contributed by atoms with Crippen LogP contribution >= 0.6 is 27.9 Å². The summed E-state index contributed by atoms with van der Waals surface area (Å²) in [6.45, 7) is 7.29. The van der Waals surface area contributed by atoms with E-state index in [2.05, 4.69) is 51.4 Å². The van der Waals surface area contributed by atoms with E-state index in [0.717, 1.165) is 27.9 Å². The van der Waals surface area contributed by atoms with Gasteiger partial charge in [0, 0.05) is 9.22 Å². The Labute approximate surface area is 114 Å². The summed E-state index contributed by atoms with van der Waals surface area (Å²) >= 11 is 5.18. The zero-order valence-corrected chi connectivity index (χ0v) is 12.6. The van der Waals surface area contributed by atoms with Gasteiger partial charge in [0.15, 0.2) is 0 Å². The van der Waals surface area contributed by atoms with E-state index < -0.39 is 0 Å². The van der Waals surface area contributed by atoms with Crippen LogP contribution in [0.3, 0.4) is 0 Å². The van der Waals surface area contributed by atoms with Crippen molar-refractivity contribution in [3.63, 3.8) is 0 Å². The minimum atomic E-state index is 0.217. The molecule has 2 aromatic rings. The van der Waals surface area contributed by atoms with Crippen LogP contribution in [-0.2, 0) is 6.54 Å². The number of imidazole rings is 1. The average molecular weight is 314 g/mol. The van der Waals surface area contributed by atoms with E-state index in [1.165, 1.54) is 0 Å². The summed E-state index contributed by atoms with van der Waals surface area (Å²) in [6.07, 6.45) is 0. The normalized spacial score (nSPS) is 12.2. The van der Waals surface area contributed by atoms with Crippen molar-refractivity contribution in [2.45, 2.75) is 32.1 Å². The van der Waals surface area contributed by atoms with Gasteiger partial charge < -0.3 is 4.98 Å². The molecule has 2 N–H and O–H groups in total. The molecule has 1 aromatic carbocycles. The predicted molar refractivity (Wildman–Crippen MR) is 78.0 cm³/mol. The van der Waals surface area contributed by atoms with Gasteiger partial charge in [0.2, 0.25) is 0 Å². The Kier molecular flexibility index (Phi) is 3.80. The molecule has 5 heteroatoms. The van der Waals surface area contributed by atoms with Crippen LogP contribution in [0.25, 0.3) is 11.0 Å². The minimum Gasteiger partial charge on any atom is -0.341 e. The van der Waals surface area contributed by atoms with Gasteiger partial charge in [-0.2, -0.15) is 0 Å². The zero-order valence-electron chi connectivity index (χ0n) is 10.2. The van der Waals surface area contributed by atoms with Crippen molar-refractivity contribution in [1.82, 2.24) is 14.7 Å². The van der Waals surface area contributed by atoms with Crippen molar-refractivity contribution in [2.75, 3.05) is 0 Å². The molecule has 1 heterocycles. The highest BCUT2D eigenvalue weighted by Crippen LogP contribution is 2.21. The molecule has 3 nitrogen and oxygen atoms in total. The van der Waals surface area contributed by atoms with Gasteiger partial charge in [-0.1, -0.05) is 27.9 Å². The summed E-state index contributed by atoms with van der Waals surface area (Å²) in [5, 5.41) is 0. The maximum atomic E-state index is 4.52. The summed E-state index contributed by atoms with van der Waals surface area (Å²) in [5.41, 5.74) is 2.07. The zero-order chi connectivity index (χ0) is 12.5. The number of hydrogen-bond donors (Lipinski definition) is 2. The summed E-state index contributed by atoms with van der Waals surface area (Å²) in [4.78, 5) is 7.83. The number of aromatic nitrogens is 2. The van der Waals surface area contributed by atoms with Crippen molar-refractivity contribution >= 4 is 38.9 Å². The number of benzene rings is 1. The maximum Gasteiger partial charge on any atom is 0.122 e. The number of hydrogen-bond acceptors (Lipinski definition) is 3. The number of nitrogens with one attached hydrogen (secondary N) is 2. The Morgan fingerprint density at radius 3 is 2.88 bits per heavy atom. The first-order valence-electron chi connectivity index (χ1n) is 5.49. The average Bonchev–Trinajstić information content (AvgIpc) is 2.57. The van der Waals surface area contributed by atoms with Crippen molar-refractivity contribution < 1.29 is 0 Å². The third kappa shape index (κ3) is 3.72. The lowest BCUT2D eigenvalue weighted by Gasteiger charge is -2.16. The highest BCUT2D eigenvalue weighted by molar-refractivity contribution is 9.10. The molecule has 0 spiro atoms. The molecule has 17 heavy (non-hydrogen) atoms. The fourth-order valence-corrected chi connectivity index (χ4v) is 2.44. The largest absolute Gasteiger partial charge is 0.341 e. The van der Waals surface area contributed by atoms with Gasteiger partial charge in [-0.25, -0.2) is 4.98 Å². The number of H-pyrrole nitrogens is 1. The van der Waals surface area contributed by atoms with E-state index in [9.17, 15) is 0 Å². The number of halogens is 1. The molecule has 2 rings (SSSR count). The van der Waals surface area contributed by atoms with E-state index >= 15 is 0 Å². The molecule has 0 aliphatic rings. The highest BCUT2D eigenvalue weighted by Gasteiger charge is 2.10. The number of nitrogens with zero attached hydrogens (tertiary/aromatic N) is 1. The molecule has 0 bridgehead atoms. The summed E-state index contributed by atoms with van der Waals surface area (Å²) in [6, 6.07) is 6.06. The fraction of sp³-hybridized carbons (Fsp3) is 0.417. The molecule has 0 aliphatic carbocycles. The van der Waals surface area contributed by atoms with Crippen LogP contribution in [-0.4, -0.2) is 14.7 Å². The Balaban J connectivity index is 2.05. The maximum absolute atomic E-state index is 4.52. The third-order valence-corrected chi connectivity index (χ3v) is 3.51. The minimum absolute atomic E-state index is 0.217. The molecule has 0 saturated carbocycles. The fourth-order valence-electron chi connectivity index (χ4n) is 1.44. The van der Waals surface area contributed by atoms with Crippen LogP contribution in [0.1, 0.15) is 26.6 Å². The molecule has 0 atom stereocenters. The molecule has 0 aliphatic heterocycles. The van der Waals surface area contributed by atoms with Gasteiger partial charge in [0.1, 0.15) is 5.82 Å². The van der Waals surface area contributed by atoms with E-state index in [0.29, 0.717) is 0 Å². The second-order valence-electron chi connectivity index (χ2n) is 4.88. The van der Waals surface area contributed by atoms with Gasteiger partial charge in [0.25, 0.3) is 0 Å². The molecule has 0 amide bonds. The molecule has 0 fully saturated rings. The third-order valence-electron chi connectivity index (χ3n) is 2.11. The Morgan fingerprint density at radius 1 is 1.41 bits per heavy atom. The topological polar surface area (TPSA) is 40.7 Å². The molecular formula is C12H16BrN3S.